The largest absolute Gasteiger partial charge is 0.393 e. The van der Waals surface area contributed by atoms with Crippen molar-refractivity contribution in [2.45, 2.75) is 69.4 Å². The van der Waals surface area contributed by atoms with Gasteiger partial charge in [0.05, 0.1) is 6.10 Å². The second-order valence-electron chi connectivity index (χ2n) is 6.26. The fourth-order valence-corrected chi connectivity index (χ4v) is 3.36. The first kappa shape index (κ1) is 14.4. The van der Waals surface area contributed by atoms with Crippen LogP contribution in [0.1, 0.15) is 73.6 Å². The topological polar surface area (TPSA) is 75.1 Å². The monoisotopic (exact) mass is 289 g/mol. The van der Waals surface area contributed by atoms with Crippen molar-refractivity contribution < 1.29 is 9.90 Å². The molecule has 0 aromatic carbocycles. The number of nitrogens with zero attached hydrogens (tertiary/aromatic N) is 2. The highest BCUT2D eigenvalue weighted by molar-refractivity contribution is 5.92. The minimum Gasteiger partial charge on any atom is -0.393 e. The molecule has 5 heteroatoms. The normalized spacial score (nSPS) is 26.7. The second kappa shape index (κ2) is 6.52. The van der Waals surface area contributed by atoms with Gasteiger partial charge in [-0.15, -0.1) is 0 Å². The molecule has 0 atom stereocenters. The molecule has 3 rings (SSSR count). The van der Waals surface area contributed by atoms with Crippen LogP contribution in [0.25, 0.3) is 0 Å². The van der Waals surface area contributed by atoms with Gasteiger partial charge >= 0.3 is 0 Å². The number of hydrogen-bond donors (Lipinski definition) is 2. The van der Waals surface area contributed by atoms with E-state index in [-0.39, 0.29) is 18.1 Å². The lowest BCUT2D eigenvalue weighted by Gasteiger charge is -2.26. The van der Waals surface area contributed by atoms with Crippen LogP contribution in [0.4, 0.5) is 0 Å². The smallest absolute Gasteiger partial charge is 0.270 e. The Bertz CT molecular complexity index is 492. The lowest BCUT2D eigenvalue weighted by atomic mass is 9.93. The first-order valence-corrected chi connectivity index (χ1v) is 8.04. The molecule has 2 fully saturated rings. The van der Waals surface area contributed by atoms with E-state index in [0.717, 1.165) is 44.3 Å². The Labute approximate surface area is 125 Å². The molecular weight excluding hydrogens is 266 g/mol. The summed E-state index contributed by atoms with van der Waals surface area (Å²) in [6, 6.07) is 1.84. The number of hydrogen-bond acceptors (Lipinski definition) is 4. The molecule has 21 heavy (non-hydrogen) atoms. The number of carbonyl (C=O) groups excluding carboxylic acids is 1. The van der Waals surface area contributed by atoms with Gasteiger partial charge in [0.25, 0.3) is 5.91 Å². The van der Waals surface area contributed by atoms with Crippen molar-refractivity contribution in [3.63, 3.8) is 0 Å². The molecule has 1 aromatic rings. The third-order valence-electron chi connectivity index (χ3n) is 4.66. The summed E-state index contributed by atoms with van der Waals surface area (Å²) in [5.74, 6) is 1.12. The molecule has 1 amide bonds. The number of amides is 1. The number of carbonyl (C=O) groups is 1. The number of aromatic nitrogens is 2. The predicted octanol–water partition coefficient (Wildman–Crippen LogP) is 2.17. The van der Waals surface area contributed by atoms with Gasteiger partial charge in [-0.3, -0.25) is 4.79 Å². The molecule has 5 nitrogen and oxygen atoms in total. The summed E-state index contributed by atoms with van der Waals surface area (Å²) in [5.41, 5.74) is 0.470. The molecule has 0 bridgehead atoms. The summed E-state index contributed by atoms with van der Waals surface area (Å²) in [5, 5.41) is 12.5. The van der Waals surface area contributed by atoms with E-state index in [9.17, 15) is 9.90 Å². The quantitative estimate of drug-likeness (QED) is 0.894. The molecule has 1 heterocycles. The Kier molecular flexibility index (Phi) is 4.48. The van der Waals surface area contributed by atoms with E-state index in [2.05, 4.69) is 15.3 Å². The third-order valence-corrected chi connectivity index (χ3v) is 4.66. The summed E-state index contributed by atoms with van der Waals surface area (Å²) in [4.78, 5) is 21.1. The van der Waals surface area contributed by atoms with Crippen LogP contribution in [0.15, 0.2) is 12.3 Å². The van der Waals surface area contributed by atoms with E-state index in [1.165, 1.54) is 12.8 Å². The minimum absolute atomic E-state index is 0.113. The van der Waals surface area contributed by atoms with Crippen LogP contribution in [0.5, 0.6) is 0 Å². The Hall–Kier alpha value is -1.49. The third kappa shape index (κ3) is 3.59. The van der Waals surface area contributed by atoms with Crippen molar-refractivity contribution in [1.82, 2.24) is 15.3 Å². The molecule has 2 saturated carbocycles. The SMILES string of the molecule is O=C(NC1CCC(O)CC1)c1ccnc(C2CCCC2)n1. The van der Waals surface area contributed by atoms with E-state index in [1.54, 1.807) is 12.3 Å². The fourth-order valence-electron chi connectivity index (χ4n) is 3.36. The number of aliphatic hydroxyl groups is 1. The second-order valence-corrected chi connectivity index (χ2v) is 6.26. The Morgan fingerprint density at radius 3 is 2.57 bits per heavy atom. The van der Waals surface area contributed by atoms with Gasteiger partial charge in [0, 0.05) is 18.2 Å². The molecule has 0 saturated heterocycles. The highest BCUT2D eigenvalue weighted by Gasteiger charge is 2.23. The Morgan fingerprint density at radius 1 is 1.14 bits per heavy atom. The molecule has 1 aromatic heterocycles. The van der Waals surface area contributed by atoms with Crippen molar-refractivity contribution in [3.05, 3.63) is 23.8 Å². The first-order valence-electron chi connectivity index (χ1n) is 8.04. The molecule has 2 aliphatic rings. The lowest BCUT2D eigenvalue weighted by molar-refractivity contribution is 0.0862. The zero-order chi connectivity index (χ0) is 14.7. The van der Waals surface area contributed by atoms with Crippen molar-refractivity contribution in [2.24, 2.45) is 0 Å². The summed E-state index contributed by atoms with van der Waals surface area (Å²) in [6.07, 6.45) is 9.43. The van der Waals surface area contributed by atoms with Gasteiger partial charge in [-0.1, -0.05) is 12.8 Å². The molecule has 0 spiro atoms. The van der Waals surface area contributed by atoms with E-state index in [4.69, 9.17) is 0 Å². The van der Waals surface area contributed by atoms with Crippen LogP contribution < -0.4 is 5.32 Å². The van der Waals surface area contributed by atoms with Crippen molar-refractivity contribution in [2.75, 3.05) is 0 Å². The maximum absolute atomic E-state index is 12.3. The van der Waals surface area contributed by atoms with E-state index in [0.29, 0.717) is 11.6 Å². The average molecular weight is 289 g/mol. The van der Waals surface area contributed by atoms with Gasteiger partial charge in [-0.05, 0) is 44.6 Å². The van der Waals surface area contributed by atoms with E-state index in [1.807, 2.05) is 0 Å². The molecular formula is C16H23N3O2. The van der Waals surface area contributed by atoms with Gasteiger partial charge in [-0.25, -0.2) is 9.97 Å². The molecule has 114 valence electrons. The summed E-state index contributed by atoms with van der Waals surface area (Å²) >= 11 is 0. The summed E-state index contributed by atoms with van der Waals surface area (Å²) in [7, 11) is 0. The van der Waals surface area contributed by atoms with Crippen LogP contribution in [0.3, 0.4) is 0 Å². The molecule has 0 unspecified atom stereocenters. The van der Waals surface area contributed by atoms with Crippen LogP contribution >= 0.6 is 0 Å². The minimum atomic E-state index is -0.203. The van der Waals surface area contributed by atoms with Gasteiger partial charge in [-0.2, -0.15) is 0 Å². The van der Waals surface area contributed by atoms with Gasteiger partial charge in [0.15, 0.2) is 0 Å². The van der Waals surface area contributed by atoms with E-state index >= 15 is 0 Å². The predicted molar refractivity (Wildman–Crippen MR) is 79.0 cm³/mol. The van der Waals surface area contributed by atoms with Crippen molar-refractivity contribution >= 4 is 5.91 Å². The lowest BCUT2D eigenvalue weighted by Crippen LogP contribution is -2.39. The standard InChI is InChI=1S/C16H23N3O2/c20-13-7-5-12(6-8-13)18-16(21)14-9-10-17-15(19-14)11-3-1-2-4-11/h9-13,20H,1-8H2,(H,18,21). The summed E-state index contributed by atoms with van der Waals surface area (Å²) < 4.78 is 0. The zero-order valence-corrected chi connectivity index (χ0v) is 12.3. The molecule has 2 N–H and O–H groups in total. The molecule has 0 radical (unpaired) electrons. The maximum Gasteiger partial charge on any atom is 0.270 e. The number of nitrogens with one attached hydrogen (secondary N) is 1. The van der Waals surface area contributed by atoms with Crippen molar-refractivity contribution in [3.8, 4) is 0 Å². The van der Waals surface area contributed by atoms with Gasteiger partial charge < -0.3 is 10.4 Å². The van der Waals surface area contributed by atoms with Gasteiger partial charge in [0.2, 0.25) is 0 Å². The number of aliphatic hydroxyl groups excluding tert-OH is 1. The average Bonchev–Trinajstić information content (AvgIpc) is 3.04. The van der Waals surface area contributed by atoms with Crippen molar-refractivity contribution in [1.29, 1.82) is 0 Å². The Morgan fingerprint density at radius 2 is 1.86 bits per heavy atom. The highest BCUT2D eigenvalue weighted by atomic mass is 16.3. The van der Waals surface area contributed by atoms with Gasteiger partial charge in [0.1, 0.15) is 11.5 Å². The highest BCUT2D eigenvalue weighted by Crippen LogP contribution is 2.31. The van der Waals surface area contributed by atoms with E-state index < -0.39 is 0 Å². The Balaban J connectivity index is 1.62. The first-order chi connectivity index (χ1) is 10.2. The van der Waals surface area contributed by atoms with Crippen LogP contribution in [0.2, 0.25) is 0 Å². The van der Waals surface area contributed by atoms with Crippen LogP contribution in [-0.4, -0.2) is 33.1 Å². The van der Waals surface area contributed by atoms with Crippen LogP contribution in [-0.2, 0) is 0 Å². The fraction of sp³-hybridized carbons (Fsp3) is 0.688. The van der Waals surface area contributed by atoms with Crippen LogP contribution in [0, 0.1) is 0 Å². The molecule has 0 aliphatic heterocycles. The molecule has 2 aliphatic carbocycles. The maximum atomic E-state index is 12.3. The zero-order valence-electron chi connectivity index (χ0n) is 12.3. The number of rotatable bonds is 3. The summed E-state index contributed by atoms with van der Waals surface area (Å²) in [6.45, 7) is 0.